The summed E-state index contributed by atoms with van der Waals surface area (Å²) in [6.45, 7) is 6.31. The van der Waals surface area contributed by atoms with Crippen molar-refractivity contribution in [2.24, 2.45) is 0 Å². The first-order valence-corrected chi connectivity index (χ1v) is 10.6. The van der Waals surface area contributed by atoms with Crippen LogP contribution in [-0.2, 0) is 4.74 Å². The summed E-state index contributed by atoms with van der Waals surface area (Å²) < 4.78 is 5.56. The molecule has 0 aliphatic heterocycles. The first-order valence-electron chi connectivity index (χ1n) is 10.6. The van der Waals surface area contributed by atoms with Gasteiger partial charge in [-0.15, -0.1) is 0 Å². The van der Waals surface area contributed by atoms with Crippen LogP contribution in [0.25, 0.3) is 0 Å². The SMILES string of the molecule is CCCCC/C=C\C/C=C\C/C=C\C/C=C\CCCCOCCCC. The van der Waals surface area contributed by atoms with Crippen LogP contribution in [0.15, 0.2) is 48.6 Å². The highest BCUT2D eigenvalue weighted by Gasteiger charge is 1.88. The molecule has 0 unspecified atom stereocenters. The fourth-order valence-electron chi connectivity index (χ4n) is 2.38. The van der Waals surface area contributed by atoms with E-state index in [0.29, 0.717) is 0 Å². The lowest BCUT2D eigenvalue weighted by Gasteiger charge is -2.01. The lowest BCUT2D eigenvalue weighted by atomic mass is 10.2. The first-order chi connectivity index (χ1) is 12.4. The average Bonchev–Trinajstić information content (AvgIpc) is 2.63. The van der Waals surface area contributed by atoms with E-state index in [9.17, 15) is 0 Å². The summed E-state index contributed by atoms with van der Waals surface area (Å²) in [5.74, 6) is 0. The summed E-state index contributed by atoms with van der Waals surface area (Å²) in [5, 5.41) is 0. The van der Waals surface area contributed by atoms with Gasteiger partial charge in [0.25, 0.3) is 0 Å². The van der Waals surface area contributed by atoms with E-state index in [2.05, 4.69) is 62.5 Å². The molecule has 0 amide bonds. The van der Waals surface area contributed by atoms with E-state index in [1.165, 1.54) is 57.8 Å². The van der Waals surface area contributed by atoms with Crippen molar-refractivity contribution in [2.75, 3.05) is 13.2 Å². The highest BCUT2D eigenvalue weighted by Crippen LogP contribution is 2.01. The molecule has 0 aromatic heterocycles. The summed E-state index contributed by atoms with van der Waals surface area (Å²) >= 11 is 0. The Morgan fingerprint density at radius 1 is 0.480 bits per heavy atom. The molecule has 0 fully saturated rings. The van der Waals surface area contributed by atoms with Gasteiger partial charge in [0.05, 0.1) is 0 Å². The summed E-state index contributed by atoms with van der Waals surface area (Å²) in [7, 11) is 0. The average molecular weight is 347 g/mol. The normalized spacial score (nSPS) is 12.6. The Morgan fingerprint density at radius 2 is 0.920 bits per heavy atom. The van der Waals surface area contributed by atoms with E-state index in [4.69, 9.17) is 4.74 Å². The third-order valence-corrected chi connectivity index (χ3v) is 4.01. The van der Waals surface area contributed by atoms with Crippen molar-refractivity contribution in [3.05, 3.63) is 48.6 Å². The number of unbranched alkanes of at least 4 members (excludes halogenated alkanes) is 6. The topological polar surface area (TPSA) is 9.23 Å². The van der Waals surface area contributed by atoms with E-state index < -0.39 is 0 Å². The molecular formula is C24H42O. The summed E-state index contributed by atoms with van der Waals surface area (Å²) in [4.78, 5) is 0. The lowest BCUT2D eigenvalue weighted by Crippen LogP contribution is -1.95. The molecule has 0 aromatic rings. The van der Waals surface area contributed by atoms with Crippen molar-refractivity contribution in [1.29, 1.82) is 0 Å². The fraction of sp³-hybridized carbons (Fsp3) is 0.667. The minimum absolute atomic E-state index is 0.925. The van der Waals surface area contributed by atoms with Crippen LogP contribution in [0.1, 0.15) is 90.9 Å². The van der Waals surface area contributed by atoms with Crippen LogP contribution in [0, 0.1) is 0 Å². The van der Waals surface area contributed by atoms with Crippen LogP contribution in [0.3, 0.4) is 0 Å². The maximum Gasteiger partial charge on any atom is 0.0466 e. The van der Waals surface area contributed by atoms with Crippen LogP contribution in [0.4, 0.5) is 0 Å². The molecule has 0 spiro atoms. The number of hydrogen-bond acceptors (Lipinski definition) is 1. The Hall–Kier alpha value is -1.08. The Kier molecular flexibility index (Phi) is 21.9. The molecule has 0 aromatic carbocycles. The number of allylic oxidation sites excluding steroid dienone is 8. The fourth-order valence-corrected chi connectivity index (χ4v) is 2.38. The van der Waals surface area contributed by atoms with Gasteiger partial charge in [-0.1, -0.05) is 81.7 Å². The molecule has 0 rings (SSSR count). The molecule has 1 nitrogen and oxygen atoms in total. The highest BCUT2D eigenvalue weighted by molar-refractivity contribution is 4.99. The maximum absolute atomic E-state index is 5.56. The third kappa shape index (κ3) is 22.9. The largest absolute Gasteiger partial charge is 0.381 e. The zero-order valence-corrected chi connectivity index (χ0v) is 16.9. The molecule has 25 heavy (non-hydrogen) atoms. The van der Waals surface area contributed by atoms with Gasteiger partial charge in [-0.3, -0.25) is 0 Å². The van der Waals surface area contributed by atoms with Gasteiger partial charge in [-0.2, -0.15) is 0 Å². The van der Waals surface area contributed by atoms with Crippen molar-refractivity contribution >= 4 is 0 Å². The van der Waals surface area contributed by atoms with Gasteiger partial charge in [0.1, 0.15) is 0 Å². The number of hydrogen-bond donors (Lipinski definition) is 0. The molecule has 1 heteroatoms. The smallest absolute Gasteiger partial charge is 0.0466 e. The maximum atomic E-state index is 5.56. The molecule has 0 radical (unpaired) electrons. The van der Waals surface area contributed by atoms with E-state index in [-0.39, 0.29) is 0 Å². The standard InChI is InChI=1S/C24H42O/c1-3-5-7-8-9-10-11-12-13-14-15-16-17-18-19-20-21-22-24-25-23-6-4-2/h9-10,12-13,15-16,18-19H,3-8,11,14,17,20-24H2,1-2H3/b10-9-,13-12-,16-15-,19-18-. The molecule has 0 saturated heterocycles. The third-order valence-electron chi connectivity index (χ3n) is 4.01. The first kappa shape index (κ1) is 23.9. The number of rotatable bonds is 18. The van der Waals surface area contributed by atoms with Gasteiger partial charge in [-0.05, 0) is 57.8 Å². The quantitative estimate of drug-likeness (QED) is 0.181. The van der Waals surface area contributed by atoms with Crippen molar-refractivity contribution in [2.45, 2.75) is 90.9 Å². The Morgan fingerprint density at radius 3 is 1.44 bits per heavy atom. The van der Waals surface area contributed by atoms with Gasteiger partial charge in [0, 0.05) is 13.2 Å². The molecule has 0 atom stereocenters. The van der Waals surface area contributed by atoms with Crippen LogP contribution in [0.2, 0.25) is 0 Å². The summed E-state index contributed by atoms with van der Waals surface area (Å²) in [6, 6.07) is 0. The van der Waals surface area contributed by atoms with E-state index in [1.54, 1.807) is 0 Å². The highest BCUT2D eigenvalue weighted by atomic mass is 16.5. The predicted octanol–water partition coefficient (Wildman–Crippen LogP) is 7.95. The van der Waals surface area contributed by atoms with Gasteiger partial charge in [0.2, 0.25) is 0 Å². The molecule has 0 bridgehead atoms. The van der Waals surface area contributed by atoms with E-state index in [1.807, 2.05) is 0 Å². The molecule has 0 N–H and O–H groups in total. The molecule has 144 valence electrons. The Labute approximate surface area is 157 Å². The van der Waals surface area contributed by atoms with Crippen molar-refractivity contribution in [3.63, 3.8) is 0 Å². The zero-order valence-electron chi connectivity index (χ0n) is 16.9. The van der Waals surface area contributed by atoms with Crippen molar-refractivity contribution in [3.8, 4) is 0 Å². The monoisotopic (exact) mass is 346 g/mol. The second kappa shape index (κ2) is 22.9. The Balaban J connectivity index is 3.32. The van der Waals surface area contributed by atoms with Gasteiger partial charge in [-0.25, -0.2) is 0 Å². The molecular weight excluding hydrogens is 304 g/mol. The zero-order chi connectivity index (χ0) is 18.3. The predicted molar refractivity (Wildman–Crippen MR) is 114 cm³/mol. The van der Waals surface area contributed by atoms with Gasteiger partial charge < -0.3 is 4.74 Å². The molecule has 0 aliphatic carbocycles. The van der Waals surface area contributed by atoms with E-state index in [0.717, 1.165) is 32.5 Å². The van der Waals surface area contributed by atoms with Crippen molar-refractivity contribution < 1.29 is 4.74 Å². The second-order valence-corrected chi connectivity index (χ2v) is 6.55. The lowest BCUT2D eigenvalue weighted by molar-refractivity contribution is 0.128. The van der Waals surface area contributed by atoms with Crippen LogP contribution >= 0.6 is 0 Å². The molecule has 0 heterocycles. The Bertz CT molecular complexity index is 349. The van der Waals surface area contributed by atoms with E-state index >= 15 is 0 Å². The minimum Gasteiger partial charge on any atom is -0.381 e. The second-order valence-electron chi connectivity index (χ2n) is 6.55. The van der Waals surface area contributed by atoms with Crippen LogP contribution in [0.5, 0.6) is 0 Å². The van der Waals surface area contributed by atoms with Gasteiger partial charge in [0.15, 0.2) is 0 Å². The summed E-state index contributed by atoms with van der Waals surface area (Å²) in [6.07, 6.45) is 32.6. The van der Waals surface area contributed by atoms with Crippen LogP contribution < -0.4 is 0 Å². The number of ether oxygens (including phenoxy) is 1. The van der Waals surface area contributed by atoms with Crippen LogP contribution in [-0.4, -0.2) is 13.2 Å². The molecule has 0 saturated carbocycles. The molecule has 0 aliphatic rings. The van der Waals surface area contributed by atoms with Gasteiger partial charge >= 0.3 is 0 Å². The van der Waals surface area contributed by atoms with Crippen molar-refractivity contribution in [1.82, 2.24) is 0 Å². The minimum atomic E-state index is 0.925. The summed E-state index contributed by atoms with van der Waals surface area (Å²) in [5.41, 5.74) is 0.